The summed E-state index contributed by atoms with van der Waals surface area (Å²) in [6, 6.07) is 16.0. The molecule has 0 saturated heterocycles. The molecule has 0 radical (unpaired) electrons. The number of ether oxygens (including phenoxy) is 1. The SMILES string of the molecule is COc1ccc(Nc2ncnc3c2CCN(c2ccc(C#N)c(C)c2)C3)cc1. The van der Waals surface area contributed by atoms with Crippen molar-refractivity contribution in [2.75, 3.05) is 23.9 Å². The summed E-state index contributed by atoms with van der Waals surface area (Å²) in [7, 11) is 1.66. The van der Waals surface area contributed by atoms with Gasteiger partial charge in [0.25, 0.3) is 0 Å². The number of hydrogen-bond donors (Lipinski definition) is 1. The van der Waals surface area contributed by atoms with E-state index in [9.17, 15) is 0 Å². The number of rotatable bonds is 4. The number of nitrogens with one attached hydrogen (secondary N) is 1. The van der Waals surface area contributed by atoms with E-state index in [0.717, 1.165) is 64.8 Å². The molecule has 3 aromatic rings. The molecule has 1 aliphatic rings. The van der Waals surface area contributed by atoms with Crippen LogP contribution in [0.4, 0.5) is 17.2 Å². The molecule has 0 bridgehead atoms. The average molecular weight is 371 g/mol. The third kappa shape index (κ3) is 3.47. The topological polar surface area (TPSA) is 74.1 Å². The average Bonchev–Trinajstić information content (AvgIpc) is 2.74. The maximum Gasteiger partial charge on any atom is 0.137 e. The summed E-state index contributed by atoms with van der Waals surface area (Å²) in [6.07, 6.45) is 2.46. The van der Waals surface area contributed by atoms with E-state index in [1.165, 1.54) is 0 Å². The minimum atomic E-state index is 0.717. The van der Waals surface area contributed by atoms with Gasteiger partial charge in [0.15, 0.2) is 0 Å². The van der Waals surface area contributed by atoms with E-state index in [1.54, 1.807) is 13.4 Å². The highest BCUT2D eigenvalue weighted by Gasteiger charge is 2.21. The van der Waals surface area contributed by atoms with Gasteiger partial charge >= 0.3 is 0 Å². The molecule has 4 rings (SSSR count). The first-order valence-corrected chi connectivity index (χ1v) is 9.17. The Hall–Kier alpha value is -3.59. The van der Waals surface area contributed by atoms with Gasteiger partial charge in [-0.25, -0.2) is 9.97 Å². The fourth-order valence-electron chi connectivity index (χ4n) is 3.46. The predicted molar refractivity (Wildman–Crippen MR) is 109 cm³/mol. The lowest BCUT2D eigenvalue weighted by Gasteiger charge is -2.31. The number of anilines is 3. The Kier molecular flexibility index (Phi) is 4.81. The summed E-state index contributed by atoms with van der Waals surface area (Å²) in [5, 5.41) is 12.5. The van der Waals surface area contributed by atoms with Crippen molar-refractivity contribution in [3.8, 4) is 11.8 Å². The molecule has 0 fully saturated rings. The van der Waals surface area contributed by atoms with E-state index < -0.39 is 0 Å². The molecule has 0 unspecified atom stereocenters. The maximum atomic E-state index is 9.14. The second kappa shape index (κ2) is 7.57. The summed E-state index contributed by atoms with van der Waals surface area (Å²) in [5.41, 5.74) is 5.97. The molecule has 6 heteroatoms. The Labute approximate surface area is 164 Å². The zero-order chi connectivity index (χ0) is 19.5. The van der Waals surface area contributed by atoms with Gasteiger partial charge in [0.2, 0.25) is 0 Å². The molecule has 0 amide bonds. The van der Waals surface area contributed by atoms with E-state index >= 15 is 0 Å². The van der Waals surface area contributed by atoms with Gasteiger partial charge in [-0.2, -0.15) is 5.26 Å². The van der Waals surface area contributed by atoms with Crippen LogP contribution in [0.2, 0.25) is 0 Å². The number of aromatic nitrogens is 2. The third-order valence-corrected chi connectivity index (χ3v) is 5.06. The number of aryl methyl sites for hydroxylation is 1. The fourth-order valence-corrected chi connectivity index (χ4v) is 3.46. The van der Waals surface area contributed by atoms with Gasteiger partial charge in [-0.1, -0.05) is 0 Å². The van der Waals surface area contributed by atoms with Crippen LogP contribution >= 0.6 is 0 Å². The van der Waals surface area contributed by atoms with Gasteiger partial charge in [-0.05, 0) is 61.4 Å². The van der Waals surface area contributed by atoms with E-state index in [-0.39, 0.29) is 0 Å². The summed E-state index contributed by atoms with van der Waals surface area (Å²) in [5.74, 6) is 1.68. The Bertz CT molecular complexity index is 1040. The molecule has 2 aromatic carbocycles. The molecule has 1 aliphatic heterocycles. The van der Waals surface area contributed by atoms with Crippen LogP contribution in [0.3, 0.4) is 0 Å². The molecule has 6 nitrogen and oxygen atoms in total. The lowest BCUT2D eigenvalue weighted by Crippen LogP contribution is -2.31. The van der Waals surface area contributed by atoms with Crippen molar-refractivity contribution in [2.24, 2.45) is 0 Å². The number of hydrogen-bond acceptors (Lipinski definition) is 6. The molecule has 0 spiro atoms. The van der Waals surface area contributed by atoms with Gasteiger partial charge in [-0.15, -0.1) is 0 Å². The Morgan fingerprint density at radius 2 is 1.96 bits per heavy atom. The highest BCUT2D eigenvalue weighted by molar-refractivity contribution is 5.62. The molecule has 2 heterocycles. The maximum absolute atomic E-state index is 9.14. The number of nitrogens with zero attached hydrogens (tertiary/aromatic N) is 4. The van der Waals surface area contributed by atoms with Gasteiger partial charge in [0.1, 0.15) is 17.9 Å². The van der Waals surface area contributed by atoms with Crippen molar-refractivity contribution in [1.29, 1.82) is 5.26 Å². The zero-order valence-electron chi connectivity index (χ0n) is 15.9. The van der Waals surface area contributed by atoms with Crippen molar-refractivity contribution in [3.63, 3.8) is 0 Å². The molecular formula is C22H21N5O. The van der Waals surface area contributed by atoms with Crippen LogP contribution in [0.25, 0.3) is 0 Å². The van der Waals surface area contributed by atoms with Crippen LogP contribution in [0.1, 0.15) is 22.4 Å². The molecule has 1 N–H and O–H groups in total. The second-order valence-corrected chi connectivity index (χ2v) is 6.78. The van der Waals surface area contributed by atoms with Crippen LogP contribution in [0.15, 0.2) is 48.8 Å². The van der Waals surface area contributed by atoms with Crippen LogP contribution in [-0.2, 0) is 13.0 Å². The highest BCUT2D eigenvalue weighted by atomic mass is 16.5. The van der Waals surface area contributed by atoms with Crippen LogP contribution in [0.5, 0.6) is 5.75 Å². The molecular weight excluding hydrogens is 350 g/mol. The van der Waals surface area contributed by atoms with Gasteiger partial charge in [-0.3, -0.25) is 0 Å². The Morgan fingerprint density at radius 1 is 1.14 bits per heavy atom. The largest absolute Gasteiger partial charge is 0.497 e. The molecule has 0 atom stereocenters. The summed E-state index contributed by atoms with van der Waals surface area (Å²) in [6.45, 7) is 3.57. The molecule has 1 aromatic heterocycles. The van der Waals surface area contributed by atoms with Gasteiger partial charge in [0, 0.05) is 23.5 Å². The normalized spacial score (nSPS) is 12.8. The number of nitriles is 1. The first kappa shape index (κ1) is 17.8. The monoisotopic (exact) mass is 371 g/mol. The zero-order valence-corrected chi connectivity index (χ0v) is 15.9. The van der Waals surface area contributed by atoms with Crippen molar-refractivity contribution in [2.45, 2.75) is 19.9 Å². The second-order valence-electron chi connectivity index (χ2n) is 6.78. The summed E-state index contributed by atoms with van der Waals surface area (Å²) < 4.78 is 5.21. The molecule has 28 heavy (non-hydrogen) atoms. The quantitative estimate of drug-likeness (QED) is 0.748. The fraction of sp³-hybridized carbons (Fsp3) is 0.227. The van der Waals surface area contributed by atoms with Crippen LogP contribution in [0, 0.1) is 18.3 Å². The van der Waals surface area contributed by atoms with E-state index in [2.05, 4.69) is 32.3 Å². The molecule has 0 aliphatic carbocycles. The highest BCUT2D eigenvalue weighted by Crippen LogP contribution is 2.29. The minimum absolute atomic E-state index is 0.717. The van der Waals surface area contributed by atoms with Crippen LogP contribution < -0.4 is 15.0 Å². The van der Waals surface area contributed by atoms with Gasteiger partial charge in [0.05, 0.1) is 31.0 Å². The summed E-state index contributed by atoms with van der Waals surface area (Å²) >= 11 is 0. The lowest BCUT2D eigenvalue weighted by molar-refractivity contribution is 0.415. The van der Waals surface area contributed by atoms with Gasteiger partial charge < -0.3 is 15.0 Å². The first-order valence-electron chi connectivity index (χ1n) is 9.17. The Balaban J connectivity index is 1.56. The van der Waals surface area contributed by atoms with Crippen molar-refractivity contribution >= 4 is 17.2 Å². The number of benzene rings is 2. The lowest BCUT2D eigenvalue weighted by atomic mass is 10.0. The predicted octanol–water partition coefficient (Wildman–Crippen LogP) is 3.97. The van der Waals surface area contributed by atoms with E-state index in [0.29, 0.717) is 0 Å². The summed E-state index contributed by atoms with van der Waals surface area (Å²) in [4.78, 5) is 11.3. The number of methoxy groups -OCH3 is 1. The van der Waals surface area contributed by atoms with Crippen LogP contribution in [-0.4, -0.2) is 23.6 Å². The number of fused-ring (bicyclic) bond motifs is 1. The smallest absolute Gasteiger partial charge is 0.137 e. The molecule has 140 valence electrons. The molecule has 0 saturated carbocycles. The van der Waals surface area contributed by atoms with E-state index in [1.807, 2.05) is 43.3 Å². The minimum Gasteiger partial charge on any atom is -0.497 e. The Morgan fingerprint density at radius 3 is 2.68 bits per heavy atom. The van der Waals surface area contributed by atoms with E-state index in [4.69, 9.17) is 10.00 Å². The van der Waals surface area contributed by atoms with Crippen molar-refractivity contribution in [3.05, 3.63) is 71.2 Å². The van der Waals surface area contributed by atoms with Crippen molar-refractivity contribution in [1.82, 2.24) is 9.97 Å². The van der Waals surface area contributed by atoms with Crippen molar-refractivity contribution < 1.29 is 4.74 Å². The standard InChI is InChI=1S/C22H21N5O/c1-15-11-18(6-3-16(15)12-23)27-10-9-20-21(13-27)24-14-25-22(20)26-17-4-7-19(28-2)8-5-17/h3-8,11,14H,9-10,13H2,1-2H3,(H,24,25,26). The third-order valence-electron chi connectivity index (χ3n) is 5.06. The first-order chi connectivity index (χ1) is 13.7.